The van der Waals surface area contributed by atoms with Crippen LogP contribution in [0.1, 0.15) is 18.2 Å². The van der Waals surface area contributed by atoms with Crippen molar-refractivity contribution in [3.63, 3.8) is 0 Å². The highest BCUT2D eigenvalue weighted by atomic mass is 16.6. The molecule has 0 bridgehead atoms. The number of ketones is 1. The number of hydrogen-bond donors (Lipinski definition) is 0. The van der Waals surface area contributed by atoms with Crippen LogP contribution in [0.4, 0.5) is 5.69 Å². The summed E-state index contributed by atoms with van der Waals surface area (Å²) in [6.07, 6.45) is 3.30. The molecule has 0 spiro atoms. The maximum Gasteiger partial charge on any atom is 0.270 e. The Morgan fingerprint density at radius 1 is 1.12 bits per heavy atom. The molecule has 0 atom stereocenters. The normalized spacial score (nSPS) is 11.5. The van der Waals surface area contributed by atoms with Gasteiger partial charge in [-0.3, -0.25) is 19.9 Å². The maximum atomic E-state index is 12.2. The Morgan fingerprint density at radius 3 is 2.67 bits per heavy atom. The van der Waals surface area contributed by atoms with E-state index in [9.17, 15) is 14.9 Å². The van der Waals surface area contributed by atoms with E-state index in [1.807, 2.05) is 30.3 Å². The topological polar surface area (TPSA) is 73.1 Å². The number of benzene rings is 2. The molecule has 0 aliphatic heterocycles. The number of hydrogen-bond acceptors (Lipinski definition) is 4. The SMILES string of the molecule is CC(=O)/C(=C\c1cccc([N+](=O)[O-])c1)c1nccc2ccccc12. The Labute approximate surface area is 138 Å². The van der Waals surface area contributed by atoms with E-state index < -0.39 is 4.92 Å². The smallest absolute Gasteiger partial charge is 0.270 e. The van der Waals surface area contributed by atoms with E-state index in [-0.39, 0.29) is 11.5 Å². The van der Waals surface area contributed by atoms with Crippen LogP contribution < -0.4 is 0 Å². The van der Waals surface area contributed by atoms with Crippen LogP contribution in [0.5, 0.6) is 0 Å². The maximum absolute atomic E-state index is 12.2. The number of carbonyl (C=O) groups is 1. The molecule has 0 saturated heterocycles. The summed E-state index contributed by atoms with van der Waals surface area (Å²) in [6, 6.07) is 15.7. The van der Waals surface area contributed by atoms with Gasteiger partial charge in [-0.25, -0.2) is 0 Å². The number of non-ortho nitro benzene ring substituents is 1. The third-order valence-corrected chi connectivity index (χ3v) is 3.70. The minimum Gasteiger partial charge on any atom is -0.294 e. The molecule has 0 amide bonds. The minimum atomic E-state index is -0.457. The molecule has 1 heterocycles. The molecule has 0 aliphatic carbocycles. The zero-order valence-electron chi connectivity index (χ0n) is 13.0. The molecule has 0 unspecified atom stereocenters. The molecule has 5 heteroatoms. The third-order valence-electron chi connectivity index (χ3n) is 3.70. The Kier molecular flexibility index (Phi) is 4.16. The van der Waals surface area contributed by atoms with E-state index in [0.29, 0.717) is 16.8 Å². The average molecular weight is 318 g/mol. The summed E-state index contributed by atoms with van der Waals surface area (Å²) in [4.78, 5) is 27.0. The van der Waals surface area contributed by atoms with Crippen LogP contribution in [0.2, 0.25) is 0 Å². The average Bonchev–Trinajstić information content (AvgIpc) is 2.59. The lowest BCUT2D eigenvalue weighted by Crippen LogP contribution is -2.00. The molecule has 24 heavy (non-hydrogen) atoms. The molecule has 3 rings (SSSR count). The van der Waals surface area contributed by atoms with Gasteiger partial charge in [-0.05, 0) is 30.0 Å². The molecule has 0 saturated carbocycles. The fraction of sp³-hybridized carbons (Fsp3) is 0.0526. The lowest BCUT2D eigenvalue weighted by molar-refractivity contribution is -0.384. The molecule has 3 aromatic rings. The predicted molar refractivity (Wildman–Crippen MR) is 93.4 cm³/mol. The quantitative estimate of drug-likeness (QED) is 0.409. The predicted octanol–water partition coefficient (Wildman–Crippen LogP) is 4.27. The first-order valence-corrected chi connectivity index (χ1v) is 7.37. The van der Waals surface area contributed by atoms with Crippen LogP contribution in [0.25, 0.3) is 22.4 Å². The van der Waals surface area contributed by atoms with Gasteiger partial charge in [-0.1, -0.05) is 36.4 Å². The molecule has 0 radical (unpaired) electrons. The van der Waals surface area contributed by atoms with E-state index in [1.54, 1.807) is 24.4 Å². The zero-order valence-corrected chi connectivity index (χ0v) is 13.0. The number of carbonyl (C=O) groups excluding carboxylic acids is 1. The van der Waals surface area contributed by atoms with Crippen molar-refractivity contribution in [2.24, 2.45) is 0 Å². The monoisotopic (exact) mass is 318 g/mol. The highest BCUT2D eigenvalue weighted by Crippen LogP contribution is 2.26. The number of nitrogens with zero attached hydrogens (tertiary/aromatic N) is 2. The van der Waals surface area contributed by atoms with Crippen molar-refractivity contribution in [3.05, 3.63) is 82.2 Å². The first-order valence-electron chi connectivity index (χ1n) is 7.37. The number of aromatic nitrogens is 1. The lowest BCUT2D eigenvalue weighted by atomic mass is 9.99. The van der Waals surface area contributed by atoms with E-state index >= 15 is 0 Å². The summed E-state index contributed by atoms with van der Waals surface area (Å²) >= 11 is 0. The third kappa shape index (κ3) is 3.05. The number of allylic oxidation sites excluding steroid dienone is 1. The van der Waals surface area contributed by atoms with Gasteiger partial charge in [-0.2, -0.15) is 0 Å². The van der Waals surface area contributed by atoms with Gasteiger partial charge in [0.05, 0.1) is 10.6 Å². The second-order valence-electron chi connectivity index (χ2n) is 5.35. The number of nitro groups is 1. The summed E-state index contributed by atoms with van der Waals surface area (Å²) in [5.41, 5.74) is 1.57. The molecular formula is C19H14N2O3. The van der Waals surface area contributed by atoms with Gasteiger partial charge in [-0.15, -0.1) is 0 Å². The van der Waals surface area contributed by atoms with Gasteiger partial charge < -0.3 is 0 Å². The van der Waals surface area contributed by atoms with Gasteiger partial charge in [0.15, 0.2) is 5.78 Å². The van der Waals surface area contributed by atoms with Crippen LogP contribution in [0.15, 0.2) is 60.8 Å². The molecule has 118 valence electrons. The van der Waals surface area contributed by atoms with Crippen LogP contribution in [-0.4, -0.2) is 15.7 Å². The van der Waals surface area contributed by atoms with Crippen molar-refractivity contribution in [1.82, 2.24) is 4.98 Å². The molecule has 0 aliphatic rings. The number of pyridine rings is 1. The molecule has 0 N–H and O–H groups in total. The summed E-state index contributed by atoms with van der Waals surface area (Å²) in [5, 5.41) is 12.8. The van der Waals surface area contributed by atoms with Crippen molar-refractivity contribution < 1.29 is 9.72 Å². The van der Waals surface area contributed by atoms with Gasteiger partial charge in [0.1, 0.15) is 0 Å². The number of nitro benzene ring substituents is 1. The van der Waals surface area contributed by atoms with Gasteiger partial charge in [0.25, 0.3) is 5.69 Å². The second kappa shape index (κ2) is 6.42. The zero-order chi connectivity index (χ0) is 17.1. The van der Waals surface area contributed by atoms with Crippen molar-refractivity contribution in [2.45, 2.75) is 6.92 Å². The van der Waals surface area contributed by atoms with E-state index in [2.05, 4.69) is 4.98 Å². The Morgan fingerprint density at radius 2 is 1.92 bits per heavy atom. The number of rotatable bonds is 4. The van der Waals surface area contributed by atoms with Crippen LogP contribution >= 0.6 is 0 Å². The fourth-order valence-electron chi connectivity index (χ4n) is 2.57. The molecule has 1 aromatic heterocycles. The van der Waals surface area contributed by atoms with E-state index in [0.717, 1.165) is 10.8 Å². The summed E-state index contributed by atoms with van der Waals surface area (Å²) in [7, 11) is 0. The summed E-state index contributed by atoms with van der Waals surface area (Å²) in [5.74, 6) is -0.148. The highest BCUT2D eigenvalue weighted by Gasteiger charge is 2.13. The standard InChI is InChI=1S/C19H14N2O3/c1-13(22)18(12-14-5-4-7-16(11-14)21(23)24)19-17-8-3-2-6-15(17)9-10-20-19/h2-12H,1H3/b18-12+. The molecule has 5 nitrogen and oxygen atoms in total. The fourth-order valence-corrected chi connectivity index (χ4v) is 2.57. The second-order valence-corrected chi connectivity index (χ2v) is 5.35. The van der Waals surface area contributed by atoms with Crippen molar-refractivity contribution in [2.75, 3.05) is 0 Å². The molecule has 2 aromatic carbocycles. The Balaban J connectivity index is 2.18. The Bertz CT molecular complexity index is 972. The largest absolute Gasteiger partial charge is 0.294 e. The van der Waals surface area contributed by atoms with Crippen LogP contribution in [0.3, 0.4) is 0 Å². The molecule has 0 fully saturated rings. The van der Waals surface area contributed by atoms with Crippen LogP contribution in [0, 0.1) is 10.1 Å². The van der Waals surface area contributed by atoms with Crippen molar-refractivity contribution >= 4 is 33.9 Å². The lowest BCUT2D eigenvalue weighted by Gasteiger charge is -2.08. The first-order chi connectivity index (χ1) is 11.6. The Hall–Kier alpha value is -3.34. The van der Waals surface area contributed by atoms with Gasteiger partial charge in [0.2, 0.25) is 0 Å². The summed E-state index contributed by atoms with van der Waals surface area (Å²) < 4.78 is 0. The van der Waals surface area contributed by atoms with Crippen molar-refractivity contribution in [3.8, 4) is 0 Å². The highest BCUT2D eigenvalue weighted by molar-refractivity contribution is 6.26. The van der Waals surface area contributed by atoms with Crippen LogP contribution in [-0.2, 0) is 4.79 Å². The van der Waals surface area contributed by atoms with Gasteiger partial charge >= 0.3 is 0 Å². The van der Waals surface area contributed by atoms with Gasteiger partial charge in [0, 0.05) is 29.3 Å². The number of Topliss-reactive ketones (excluding diaryl/α,β-unsaturated/α-hetero) is 1. The van der Waals surface area contributed by atoms with E-state index in [4.69, 9.17) is 0 Å². The number of fused-ring (bicyclic) bond motifs is 1. The summed E-state index contributed by atoms with van der Waals surface area (Å²) in [6.45, 7) is 1.46. The minimum absolute atomic E-state index is 0.0162. The van der Waals surface area contributed by atoms with E-state index in [1.165, 1.54) is 19.1 Å². The van der Waals surface area contributed by atoms with Crippen molar-refractivity contribution in [1.29, 1.82) is 0 Å². The molecular weight excluding hydrogens is 304 g/mol. The first kappa shape index (κ1) is 15.6.